The van der Waals surface area contributed by atoms with E-state index in [-0.39, 0.29) is 31.6 Å². The fourth-order valence-electron chi connectivity index (χ4n) is 4.40. The number of aromatic nitrogens is 3. The molecule has 6 heteroatoms. The molecule has 5 nitrogen and oxygen atoms in total. The molecule has 0 bridgehead atoms. The molecule has 4 aromatic carbocycles. The van der Waals surface area contributed by atoms with Gasteiger partial charge in [0.1, 0.15) is 12.0 Å². The van der Waals surface area contributed by atoms with Gasteiger partial charge in [0.15, 0.2) is 5.78 Å². The number of hydrogen-bond acceptors (Lipinski definition) is 4. The molecule has 2 aromatic heterocycles. The number of allylic oxidation sites excluding steroid dienone is 2. The van der Waals surface area contributed by atoms with Crippen molar-refractivity contribution in [2.45, 2.75) is 13.8 Å². The minimum Gasteiger partial charge on any atom is -0.512 e. The number of aliphatic hydroxyl groups is 1. The summed E-state index contributed by atoms with van der Waals surface area (Å²) in [4.78, 5) is 19.4. The van der Waals surface area contributed by atoms with Crippen molar-refractivity contribution in [3.05, 3.63) is 115 Å². The van der Waals surface area contributed by atoms with E-state index in [1.165, 1.54) is 30.7 Å². The van der Waals surface area contributed by atoms with Crippen LogP contribution in [-0.2, 0) is 24.9 Å². The molecule has 0 saturated carbocycles. The van der Waals surface area contributed by atoms with Crippen molar-refractivity contribution in [1.29, 1.82) is 0 Å². The van der Waals surface area contributed by atoms with Gasteiger partial charge in [-0.2, -0.15) is 0 Å². The summed E-state index contributed by atoms with van der Waals surface area (Å²) < 4.78 is 2.23. The number of hydrogen-bond donors (Lipinski definition) is 1. The van der Waals surface area contributed by atoms with Gasteiger partial charge in [-0.15, -0.1) is 35.9 Å². The minimum atomic E-state index is -0.125. The van der Waals surface area contributed by atoms with Gasteiger partial charge in [-0.1, -0.05) is 42.5 Å². The first-order valence-corrected chi connectivity index (χ1v) is 11.6. The van der Waals surface area contributed by atoms with Crippen molar-refractivity contribution in [3.8, 4) is 16.9 Å². The Labute approximate surface area is 228 Å². The fourth-order valence-corrected chi connectivity index (χ4v) is 4.40. The van der Waals surface area contributed by atoms with Gasteiger partial charge in [-0.3, -0.25) is 14.3 Å². The van der Waals surface area contributed by atoms with E-state index < -0.39 is 0 Å². The summed E-state index contributed by atoms with van der Waals surface area (Å²) in [5.74, 6) is -0.0625. The van der Waals surface area contributed by atoms with Crippen LogP contribution in [0.25, 0.3) is 49.7 Å². The van der Waals surface area contributed by atoms with Gasteiger partial charge >= 0.3 is 0 Å². The predicted molar refractivity (Wildman–Crippen MR) is 145 cm³/mol. The van der Waals surface area contributed by atoms with Crippen molar-refractivity contribution >= 4 is 38.5 Å². The molecule has 37 heavy (non-hydrogen) atoms. The molecule has 0 spiro atoms. The average molecular weight is 663 g/mol. The summed E-state index contributed by atoms with van der Waals surface area (Å²) in [5, 5.41) is 13.0. The molecule has 185 valence electrons. The third-order valence-corrected chi connectivity index (χ3v) is 5.80. The van der Waals surface area contributed by atoms with Crippen molar-refractivity contribution in [2.24, 2.45) is 0 Å². The number of aliphatic hydroxyl groups excluding tert-OH is 1. The van der Waals surface area contributed by atoms with Crippen molar-refractivity contribution < 1.29 is 30.0 Å². The van der Waals surface area contributed by atoms with Crippen LogP contribution in [0, 0.1) is 6.07 Å². The maximum Gasteiger partial charge on any atom is 0.155 e. The quantitative estimate of drug-likeness (QED) is 0.123. The van der Waals surface area contributed by atoms with Gasteiger partial charge in [0, 0.05) is 48.3 Å². The molecular formula is C31H24IrN3O2-. The van der Waals surface area contributed by atoms with Gasteiger partial charge in [-0.05, 0) is 48.9 Å². The summed E-state index contributed by atoms with van der Waals surface area (Å²) in [6, 6.07) is 34.6. The topological polar surface area (TPSA) is 68.0 Å². The maximum atomic E-state index is 10.0. The van der Waals surface area contributed by atoms with Gasteiger partial charge in [0.25, 0.3) is 0 Å². The standard InChI is InChI=1S/C26H16N3.C5H8O2.Ir/c1-3-9-18(10-4-1)25-24-22-15-19-11-7-8-12-20(19)16-23(22)29(26(24)28-17-27-25)21-13-5-2-6-14-21;1-4(6)3-5(2)7;/h1-9,11-17H;3,6H,1-2H3;/q-1;;/b;4-3-;. The normalized spacial score (nSPS) is 11.1. The second-order valence-electron chi connectivity index (χ2n) is 8.48. The number of ketones is 1. The summed E-state index contributed by atoms with van der Waals surface area (Å²) in [6.45, 7) is 2.85. The van der Waals surface area contributed by atoms with Crippen LogP contribution >= 0.6 is 0 Å². The van der Waals surface area contributed by atoms with Crippen LogP contribution in [0.4, 0.5) is 0 Å². The number of benzene rings is 4. The first-order chi connectivity index (χ1) is 17.5. The minimum absolute atomic E-state index is 0. The molecular weight excluding hydrogens is 639 g/mol. The summed E-state index contributed by atoms with van der Waals surface area (Å²) in [7, 11) is 0. The number of fused-ring (bicyclic) bond motifs is 4. The zero-order valence-corrected chi connectivity index (χ0v) is 22.7. The van der Waals surface area contributed by atoms with Crippen molar-refractivity contribution in [1.82, 2.24) is 14.5 Å². The Morgan fingerprint density at radius 1 is 0.892 bits per heavy atom. The molecule has 2 heterocycles. The molecule has 0 unspecified atom stereocenters. The molecule has 1 N–H and O–H groups in total. The van der Waals surface area contributed by atoms with E-state index >= 15 is 0 Å². The van der Waals surface area contributed by atoms with E-state index in [1.807, 2.05) is 24.3 Å². The second-order valence-corrected chi connectivity index (χ2v) is 8.48. The zero-order valence-electron chi connectivity index (χ0n) is 20.3. The zero-order chi connectivity index (χ0) is 25.1. The van der Waals surface area contributed by atoms with E-state index in [2.05, 4.69) is 82.3 Å². The van der Waals surface area contributed by atoms with E-state index in [9.17, 15) is 4.79 Å². The molecule has 0 aliphatic heterocycles. The van der Waals surface area contributed by atoms with Crippen LogP contribution < -0.4 is 0 Å². The average Bonchev–Trinajstić information content (AvgIpc) is 3.21. The Bertz CT molecular complexity index is 1720. The molecule has 0 fully saturated rings. The van der Waals surface area contributed by atoms with Gasteiger partial charge < -0.3 is 5.11 Å². The number of para-hydroxylation sites is 1. The largest absolute Gasteiger partial charge is 0.512 e. The monoisotopic (exact) mass is 663 g/mol. The van der Waals surface area contributed by atoms with Crippen molar-refractivity contribution in [3.63, 3.8) is 0 Å². The molecule has 0 aliphatic carbocycles. The first kappa shape index (κ1) is 26.0. The summed E-state index contributed by atoms with van der Waals surface area (Å²) in [6.07, 6.45) is 2.82. The van der Waals surface area contributed by atoms with E-state index in [4.69, 9.17) is 10.1 Å². The van der Waals surface area contributed by atoms with Crippen molar-refractivity contribution in [2.75, 3.05) is 0 Å². The van der Waals surface area contributed by atoms with E-state index in [1.54, 1.807) is 6.33 Å². The summed E-state index contributed by atoms with van der Waals surface area (Å²) in [5.41, 5.74) is 5.00. The van der Waals surface area contributed by atoms with Gasteiger partial charge in [-0.25, -0.2) is 4.98 Å². The molecule has 6 rings (SSSR count). The van der Waals surface area contributed by atoms with E-state index in [0.717, 1.165) is 38.9 Å². The SMILES string of the molecule is CC(=O)/C=C(/C)O.[Ir].[c-]1ccccc1-c1ncnc2c1c1cc3ccccc3cc1n2-c1ccccc1. The van der Waals surface area contributed by atoms with E-state index in [0.29, 0.717) is 0 Å². The number of carbonyl (C=O) groups is 1. The third kappa shape index (κ3) is 5.36. The molecule has 0 saturated heterocycles. The molecule has 0 aliphatic rings. The number of rotatable bonds is 3. The van der Waals surface area contributed by atoms with Crippen LogP contribution in [0.3, 0.4) is 0 Å². The predicted octanol–water partition coefficient (Wildman–Crippen LogP) is 7.23. The van der Waals surface area contributed by atoms with Crippen LogP contribution in [-0.4, -0.2) is 25.4 Å². The molecule has 6 aromatic rings. The maximum absolute atomic E-state index is 10.0. The molecule has 0 amide bonds. The van der Waals surface area contributed by atoms with Crippen LogP contribution in [0.2, 0.25) is 0 Å². The van der Waals surface area contributed by atoms with Gasteiger partial charge in [0.2, 0.25) is 0 Å². The molecule has 1 radical (unpaired) electrons. The summed E-state index contributed by atoms with van der Waals surface area (Å²) >= 11 is 0. The van der Waals surface area contributed by atoms with Gasteiger partial charge in [0.05, 0.1) is 11.3 Å². The molecule has 0 atom stereocenters. The Morgan fingerprint density at radius 3 is 2.19 bits per heavy atom. The van der Waals surface area contributed by atoms with Crippen LogP contribution in [0.1, 0.15) is 13.8 Å². The Balaban J connectivity index is 0.000000356. The second kappa shape index (κ2) is 11.3. The third-order valence-electron chi connectivity index (χ3n) is 5.80. The smallest absolute Gasteiger partial charge is 0.155 e. The van der Waals surface area contributed by atoms with Crippen LogP contribution in [0.15, 0.2) is 109 Å². The Morgan fingerprint density at radius 2 is 1.57 bits per heavy atom. The Kier molecular flexibility index (Phi) is 7.92. The first-order valence-electron chi connectivity index (χ1n) is 11.6. The Hall–Kier alpha value is -4.12. The fraction of sp³-hybridized carbons (Fsp3) is 0.0645. The number of carbonyl (C=O) groups excluding carboxylic acids is 1. The van der Waals surface area contributed by atoms with Crippen LogP contribution in [0.5, 0.6) is 0 Å². The number of nitrogens with zero attached hydrogens (tertiary/aromatic N) is 3.